The number of hydrogen-bond donors (Lipinski definition) is 2. The molecule has 2 aromatic heterocycles. The molecule has 0 aromatic carbocycles. The van der Waals surface area contributed by atoms with Crippen molar-refractivity contribution in [2.24, 2.45) is 0 Å². The Hall–Kier alpha value is -1.81. The molecule has 0 saturated heterocycles. The summed E-state index contributed by atoms with van der Waals surface area (Å²) in [7, 11) is 0. The van der Waals surface area contributed by atoms with E-state index in [1.54, 1.807) is 6.92 Å². The number of carbonyl (C=O) groups excluding carboxylic acids is 1. The van der Waals surface area contributed by atoms with Gasteiger partial charge >= 0.3 is 0 Å². The third-order valence-corrected chi connectivity index (χ3v) is 4.04. The summed E-state index contributed by atoms with van der Waals surface area (Å²) < 4.78 is 0. The molecular weight excluding hydrogens is 300 g/mol. The molecule has 8 nitrogen and oxygen atoms in total. The average Bonchev–Trinajstić information content (AvgIpc) is 2.88. The maximum absolute atomic E-state index is 11.7. The first-order chi connectivity index (χ1) is 9.58. The van der Waals surface area contributed by atoms with Crippen molar-refractivity contribution in [3.63, 3.8) is 0 Å². The first-order valence-corrected chi connectivity index (χ1v) is 7.57. The molecule has 106 valence electrons. The maximum Gasteiger partial charge on any atom is 0.273 e. The summed E-state index contributed by atoms with van der Waals surface area (Å²) >= 11 is 2.44. The van der Waals surface area contributed by atoms with E-state index >= 15 is 0 Å². The van der Waals surface area contributed by atoms with E-state index in [0.29, 0.717) is 16.0 Å². The SMILES string of the molecule is CCc1nnc(NC(=O)CSc2nnc(C)c(=O)[nH]2)s1. The van der Waals surface area contributed by atoms with E-state index in [2.05, 4.69) is 30.7 Å². The summed E-state index contributed by atoms with van der Waals surface area (Å²) in [6.45, 7) is 3.53. The maximum atomic E-state index is 11.7. The summed E-state index contributed by atoms with van der Waals surface area (Å²) in [5.74, 6) is -0.133. The first kappa shape index (κ1) is 14.6. The van der Waals surface area contributed by atoms with Crippen LogP contribution in [0.25, 0.3) is 0 Å². The van der Waals surface area contributed by atoms with Gasteiger partial charge in [0.15, 0.2) is 5.16 Å². The Labute approximate surface area is 122 Å². The quantitative estimate of drug-likeness (QED) is 0.778. The zero-order chi connectivity index (χ0) is 14.5. The van der Waals surface area contributed by atoms with Crippen molar-refractivity contribution in [2.75, 3.05) is 11.1 Å². The fourth-order valence-corrected chi connectivity index (χ4v) is 2.48. The highest BCUT2D eigenvalue weighted by Crippen LogP contribution is 2.16. The molecular formula is C10H12N6O2S2. The zero-order valence-electron chi connectivity index (χ0n) is 10.8. The van der Waals surface area contributed by atoms with Crippen molar-refractivity contribution < 1.29 is 4.79 Å². The molecule has 0 saturated carbocycles. The van der Waals surface area contributed by atoms with E-state index in [0.717, 1.165) is 23.2 Å². The molecule has 2 rings (SSSR count). The molecule has 0 bridgehead atoms. The van der Waals surface area contributed by atoms with Crippen LogP contribution in [0.3, 0.4) is 0 Å². The zero-order valence-corrected chi connectivity index (χ0v) is 12.5. The summed E-state index contributed by atoms with van der Waals surface area (Å²) in [6, 6.07) is 0. The van der Waals surface area contributed by atoms with E-state index in [1.165, 1.54) is 11.3 Å². The fraction of sp³-hybridized carbons (Fsp3) is 0.400. The Kier molecular flexibility index (Phi) is 4.79. The Morgan fingerprint density at radius 1 is 1.35 bits per heavy atom. The number of nitrogens with zero attached hydrogens (tertiary/aromatic N) is 4. The van der Waals surface area contributed by atoms with Crippen LogP contribution in [0, 0.1) is 6.92 Å². The van der Waals surface area contributed by atoms with Gasteiger partial charge in [-0.15, -0.1) is 20.4 Å². The summed E-state index contributed by atoms with van der Waals surface area (Å²) in [6.07, 6.45) is 0.780. The van der Waals surface area contributed by atoms with Gasteiger partial charge in [-0.25, -0.2) is 0 Å². The third-order valence-electron chi connectivity index (χ3n) is 2.20. The number of anilines is 1. The van der Waals surface area contributed by atoms with Crippen molar-refractivity contribution in [1.82, 2.24) is 25.4 Å². The molecule has 10 heteroatoms. The smallest absolute Gasteiger partial charge is 0.273 e. The number of rotatable bonds is 5. The summed E-state index contributed by atoms with van der Waals surface area (Å²) in [5, 5.41) is 19.5. The van der Waals surface area contributed by atoms with E-state index < -0.39 is 0 Å². The molecule has 0 unspecified atom stereocenters. The van der Waals surface area contributed by atoms with Crippen LogP contribution in [-0.4, -0.2) is 37.0 Å². The number of amides is 1. The van der Waals surface area contributed by atoms with Crippen molar-refractivity contribution in [2.45, 2.75) is 25.4 Å². The summed E-state index contributed by atoms with van der Waals surface area (Å²) in [5.41, 5.74) is -0.0145. The predicted molar refractivity (Wildman–Crippen MR) is 76.0 cm³/mol. The minimum atomic E-state index is -0.306. The van der Waals surface area contributed by atoms with Crippen LogP contribution in [-0.2, 0) is 11.2 Å². The molecule has 2 N–H and O–H groups in total. The molecule has 0 aliphatic rings. The molecule has 2 heterocycles. The summed E-state index contributed by atoms with van der Waals surface area (Å²) in [4.78, 5) is 25.6. The van der Waals surface area contributed by atoms with Gasteiger partial charge in [0.25, 0.3) is 5.56 Å². The van der Waals surface area contributed by atoms with Crippen molar-refractivity contribution in [3.05, 3.63) is 21.1 Å². The van der Waals surface area contributed by atoms with Crippen LogP contribution in [0.2, 0.25) is 0 Å². The Morgan fingerprint density at radius 2 is 2.15 bits per heavy atom. The first-order valence-electron chi connectivity index (χ1n) is 5.77. The van der Waals surface area contributed by atoms with Gasteiger partial charge in [0.2, 0.25) is 11.0 Å². The number of aromatic nitrogens is 5. The van der Waals surface area contributed by atoms with Crippen LogP contribution in [0.1, 0.15) is 17.6 Å². The minimum absolute atomic E-state index is 0.106. The second-order valence-electron chi connectivity index (χ2n) is 3.74. The van der Waals surface area contributed by atoms with Crippen LogP contribution in [0.15, 0.2) is 9.95 Å². The lowest BCUT2D eigenvalue weighted by molar-refractivity contribution is -0.113. The van der Waals surface area contributed by atoms with E-state index in [1.807, 2.05) is 6.92 Å². The van der Waals surface area contributed by atoms with Gasteiger partial charge in [0.1, 0.15) is 10.7 Å². The normalized spacial score (nSPS) is 10.5. The largest absolute Gasteiger partial charge is 0.300 e. The number of carbonyl (C=O) groups is 1. The highest BCUT2D eigenvalue weighted by atomic mass is 32.2. The van der Waals surface area contributed by atoms with E-state index in [9.17, 15) is 9.59 Å². The van der Waals surface area contributed by atoms with E-state index in [-0.39, 0.29) is 17.2 Å². The average molecular weight is 312 g/mol. The second kappa shape index (κ2) is 6.57. The van der Waals surface area contributed by atoms with Crippen LogP contribution in [0.4, 0.5) is 5.13 Å². The van der Waals surface area contributed by atoms with Crippen molar-refractivity contribution in [1.29, 1.82) is 0 Å². The number of aryl methyl sites for hydroxylation is 2. The van der Waals surface area contributed by atoms with Gasteiger partial charge < -0.3 is 0 Å². The lowest BCUT2D eigenvalue weighted by Crippen LogP contribution is -2.17. The standard InChI is InChI=1S/C10H12N6O2S2/c1-3-7-14-16-10(20-7)11-6(17)4-19-9-12-8(18)5(2)13-15-9/h3-4H2,1-2H3,(H,11,16,17)(H,12,15,18). The molecule has 0 spiro atoms. The van der Waals surface area contributed by atoms with Gasteiger partial charge in [-0.05, 0) is 13.3 Å². The van der Waals surface area contributed by atoms with Crippen molar-refractivity contribution in [3.8, 4) is 0 Å². The third kappa shape index (κ3) is 3.84. The lowest BCUT2D eigenvalue weighted by Gasteiger charge is -2.00. The molecule has 0 aliphatic carbocycles. The minimum Gasteiger partial charge on any atom is -0.300 e. The fourth-order valence-electron chi connectivity index (χ4n) is 1.18. The number of aromatic amines is 1. The second-order valence-corrected chi connectivity index (χ2v) is 5.76. The molecule has 2 aromatic rings. The molecule has 1 amide bonds. The van der Waals surface area contributed by atoms with Gasteiger partial charge in [-0.1, -0.05) is 30.0 Å². The van der Waals surface area contributed by atoms with Crippen molar-refractivity contribution >= 4 is 34.1 Å². The molecule has 0 aliphatic heterocycles. The molecule has 20 heavy (non-hydrogen) atoms. The molecule has 0 radical (unpaired) electrons. The monoisotopic (exact) mass is 312 g/mol. The Bertz CT molecular complexity index is 668. The topological polar surface area (TPSA) is 114 Å². The van der Waals surface area contributed by atoms with Gasteiger partial charge in [-0.3, -0.25) is 19.9 Å². The predicted octanol–water partition coefficient (Wildman–Crippen LogP) is 0.618. The van der Waals surface area contributed by atoms with Crippen LogP contribution in [0.5, 0.6) is 0 Å². The Morgan fingerprint density at radius 3 is 2.80 bits per heavy atom. The van der Waals surface area contributed by atoms with Crippen LogP contribution < -0.4 is 10.9 Å². The van der Waals surface area contributed by atoms with Gasteiger partial charge in [0.05, 0.1) is 5.75 Å². The number of nitrogens with one attached hydrogen (secondary N) is 2. The van der Waals surface area contributed by atoms with E-state index in [4.69, 9.17) is 0 Å². The highest BCUT2D eigenvalue weighted by Gasteiger charge is 2.09. The van der Waals surface area contributed by atoms with Crippen LogP contribution >= 0.6 is 23.1 Å². The van der Waals surface area contributed by atoms with Gasteiger partial charge in [-0.2, -0.15) is 0 Å². The number of hydrogen-bond acceptors (Lipinski definition) is 8. The lowest BCUT2D eigenvalue weighted by atomic mass is 10.5. The Balaban J connectivity index is 1.88. The number of H-pyrrole nitrogens is 1. The van der Waals surface area contributed by atoms with Gasteiger partial charge in [0, 0.05) is 0 Å². The number of thioether (sulfide) groups is 1. The molecule has 0 fully saturated rings. The highest BCUT2D eigenvalue weighted by molar-refractivity contribution is 7.99. The molecule has 0 atom stereocenters.